The van der Waals surface area contributed by atoms with Crippen LogP contribution in [0, 0.1) is 5.92 Å². The van der Waals surface area contributed by atoms with E-state index in [0.29, 0.717) is 12.5 Å². The molecule has 0 aliphatic heterocycles. The lowest BCUT2D eigenvalue weighted by Crippen LogP contribution is -2.53. The summed E-state index contributed by atoms with van der Waals surface area (Å²) in [6, 6.07) is 0. The third-order valence-corrected chi connectivity index (χ3v) is 4.65. The van der Waals surface area contributed by atoms with Crippen molar-refractivity contribution in [2.45, 2.75) is 69.9 Å². The van der Waals surface area contributed by atoms with Gasteiger partial charge in [-0.3, -0.25) is 0 Å². The summed E-state index contributed by atoms with van der Waals surface area (Å²) < 4.78 is 0. The fourth-order valence-corrected chi connectivity index (χ4v) is 3.15. The van der Waals surface area contributed by atoms with Gasteiger partial charge in [-0.05, 0) is 45.7 Å². The highest BCUT2D eigenvalue weighted by molar-refractivity contribution is 4.82. The van der Waals surface area contributed by atoms with E-state index >= 15 is 0 Å². The monoisotopic (exact) mass is 256 g/mol. The molecule has 0 heterocycles. The van der Waals surface area contributed by atoms with Crippen LogP contribution in [-0.2, 0) is 0 Å². The van der Waals surface area contributed by atoms with Crippen LogP contribution in [0.25, 0.3) is 0 Å². The molecule has 1 rings (SSSR count). The zero-order chi connectivity index (χ0) is 13.3. The number of nitrogens with one attached hydrogen (secondary N) is 2. The molecule has 1 aliphatic rings. The molecule has 3 heteroatoms. The van der Waals surface area contributed by atoms with Gasteiger partial charge in [0.1, 0.15) is 0 Å². The van der Waals surface area contributed by atoms with Gasteiger partial charge in [0, 0.05) is 6.61 Å². The van der Waals surface area contributed by atoms with Gasteiger partial charge in [-0.15, -0.1) is 0 Å². The van der Waals surface area contributed by atoms with Crippen LogP contribution in [0.4, 0.5) is 0 Å². The van der Waals surface area contributed by atoms with E-state index in [2.05, 4.69) is 24.7 Å². The molecule has 0 spiro atoms. The molecule has 1 aliphatic carbocycles. The van der Waals surface area contributed by atoms with Crippen molar-refractivity contribution < 1.29 is 5.11 Å². The Morgan fingerprint density at radius 1 is 0.889 bits per heavy atom. The topological polar surface area (TPSA) is 44.3 Å². The van der Waals surface area contributed by atoms with Crippen LogP contribution in [0.2, 0.25) is 0 Å². The molecule has 1 saturated carbocycles. The Bertz CT molecular complexity index is 189. The molecule has 0 amide bonds. The Hall–Kier alpha value is -0.120. The second-order valence-corrected chi connectivity index (χ2v) is 5.83. The fraction of sp³-hybridized carbons (Fsp3) is 1.00. The maximum Gasteiger partial charge on any atom is 0.0682 e. The predicted octanol–water partition coefficient (Wildman–Crippen LogP) is 2.64. The smallest absolute Gasteiger partial charge is 0.0682 e. The molecule has 18 heavy (non-hydrogen) atoms. The quantitative estimate of drug-likeness (QED) is 0.680. The maximum atomic E-state index is 9.34. The molecule has 0 saturated heterocycles. The first-order chi connectivity index (χ1) is 8.76. The van der Waals surface area contributed by atoms with Crippen molar-refractivity contribution in [3.63, 3.8) is 0 Å². The van der Waals surface area contributed by atoms with Crippen LogP contribution in [-0.4, -0.2) is 31.5 Å². The molecule has 108 valence electrons. The van der Waals surface area contributed by atoms with E-state index in [4.69, 9.17) is 0 Å². The average Bonchev–Trinajstić information content (AvgIpc) is 2.40. The minimum atomic E-state index is 0.148. The average molecular weight is 256 g/mol. The first-order valence-electron chi connectivity index (χ1n) is 7.75. The third kappa shape index (κ3) is 5.25. The summed E-state index contributed by atoms with van der Waals surface area (Å²) in [7, 11) is 4.15. The zero-order valence-electron chi connectivity index (χ0n) is 12.3. The highest BCUT2D eigenvalue weighted by Gasteiger charge is 2.24. The molecule has 0 aromatic rings. The van der Waals surface area contributed by atoms with Crippen LogP contribution < -0.4 is 10.6 Å². The Morgan fingerprint density at radius 3 is 1.78 bits per heavy atom. The van der Waals surface area contributed by atoms with E-state index in [1.165, 1.54) is 64.2 Å². The van der Waals surface area contributed by atoms with Gasteiger partial charge in [0.25, 0.3) is 0 Å². The zero-order valence-corrected chi connectivity index (χ0v) is 12.3. The predicted molar refractivity (Wildman–Crippen MR) is 77.6 cm³/mol. The Labute approximate surface area is 113 Å². The van der Waals surface area contributed by atoms with Crippen LogP contribution in [0.1, 0.15) is 64.2 Å². The lowest BCUT2D eigenvalue weighted by Gasteiger charge is -2.34. The lowest BCUT2D eigenvalue weighted by atomic mass is 9.90. The molecule has 0 aromatic carbocycles. The van der Waals surface area contributed by atoms with Gasteiger partial charge >= 0.3 is 0 Å². The van der Waals surface area contributed by atoms with Crippen molar-refractivity contribution in [1.82, 2.24) is 10.6 Å². The highest BCUT2D eigenvalue weighted by Crippen LogP contribution is 2.24. The molecule has 0 bridgehead atoms. The Kier molecular flexibility index (Phi) is 7.87. The van der Waals surface area contributed by atoms with Gasteiger partial charge in [0.2, 0.25) is 0 Å². The number of rotatable bonds is 3. The molecule has 1 fully saturated rings. The molecule has 0 radical (unpaired) electrons. The van der Waals surface area contributed by atoms with Gasteiger partial charge in [0.05, 0.1) is 5.66 Å². The summed E-state index contributed by atoms with van der Waals surface area (Å²) in [6.45, 7) is 0.386. The standard InChI is InChI=1S/C15H32N2O/c1-16-15(17-2)11-7-3-5-9-14(13-18)10-6-4-8-12-15/h14,16-18H,3-13H2,1-2H3. The minimum Gasteiger partial charge on any atom is -0.396 e. The largest absolute Gasteiger partial charge is 0.396 e. The molecule has 0 aromatic heterocycles. The first kappa shape index (κ1) is 15.9. The number of hydrogen-bond acceptors (Lipinski definition) is 3. The van der Waals surface area contributed by atoms with E-state index in [0.717, 1.165) is 0 Å². The molecule has 3 N–H and O–H groups in total. The van der Waals surface area contributed by atoms with E-state index in [1.54, 1.807) is 0 Å². The van der Waals surface area contributed by atoms with Crippen molar-refractivity contribution in [2.24, 2.45) is 5.92 Å². The third-order valence-electron chi connectivity index (χ3n) is 4.65. The van der Waals surface area contributed by atoms with Gasteiger partial charge in [0.15, 0.2) is 0 Å². The summed E-state index contributed by atoms with van der Waals surface area (Å²) in [5.74, 6) is 0.558. The van der Waals surface area contributed by atoms with Crippen molar-refractivity contribution in [2.75, 3.05) is 20.7 Å². The number of aliphatic hydroxyl groups excluding tert-OH is 1. The van der Waals surface area contributed by atoms with Gasteiger partial charge in [-0.25, -0.2) is 0 Å². The summed E-state index contributed by atoms with van der Waals surface area (Å²) in [6.07, 6.45) is 12.5. The van der Waals surface area contributed by atoms with E-state index in [9.17, 15) is 5.11 Å². The summed E-state index contributed by atoms with van der Waals surface area (Å²) in [4.78, 5) is 0. The molecule has 0 atom stereocenters. The Balaban J connectivity index is 2.45. The van der Waals surface area contributed by atoms with Crippen LogP contribution in [0.3, 0.4) is 0 Å². The van der Waals surface area contributed by atoms with E-state index in [-0.39, 0.29) is 5.66 Å². The molecular formula is C15H32N2O. The number of aliphatic hydroxyl groups is 1. The van der Waals surface area contributed by atoms with Crippen LogP contribution in [0.15, 0.2) is 0 Å². The summed E-state index contributed by atoms with van der Waals surface area (Å²) >= 11 is 0. The summed E-state index contributed by atoms with van der Waals surface area (Å²) in [5, 5.41) is 16.3. The SMILES string of the molecule is CNC1(NC)CCCCCC(CO)CCCCC1. The van der Waals surface area contributed by atoms with Crippen molar-refractivity contribution in [3.8, 4) is 0 Å². The maximum absolute atomic E-state index is 9.34. The van der Waals surface area contributed by atoms with Gasteiger partial charge in [-0.2, -0.15) is 0 Å². The van der Waals surface area contributed by atoms with E-state index in [1.807, 2.05) is 0 Å². The van der Waals surface area contributed by atoms with Crippen LogP contribution >= 0.6 is 0 Å². The Morgan fingerprint density at radius 2 is 1.39 bits per heavy atom. The lowest BCUT2D eigenvalue weighted by molar-refractivity contribution is 0.195. The second kappa shape index (κ2) is 8.89. The van der Waals surface area contributed by atoms with E-state index < -0.39 is 0 Å². The highest BCUT2D eigenvalue weighted by atomic mass is 16.3. The van der Waals surface area contributed by atoms with Crippen molar-refractivity contribution >= 4 is 0 Å². The molecule has 3 nitrogen and oxygen atoms in total. The number of hydrogen-bond donors (Lipinski definition) is 3. The molecular weight excluding hydrogens is 224 g/mol. The minimum absolute atomic E-state index is 0.148. The van der Waals surface area contributed by atoms with Crippen LogP contribution in [0.5, 0.6) is 0 Å². The summed E-state index contributed by atoms with van der Waals surface area (Å²) in [5.41, 5.74) is 0.148. The van der Waals surface area contributed by atoms with Gasteiger partial charge < -0.3 is 15.7 Å². The van der Waals surface area contributed by atoms with Gasteiger partial charge in [-0.1, -0.05) is 38.5 Å². The normalized spacial score (nSPS) is 24.2. The molecule has 0 unspecified atom stereocenters. The van der Waals surface area contributed by atoms with Crippen molar-refractivity contribution in [1.29, 1.82) is 0 Å². The first-order valence-corrected chi connectivity index (χ1v) is 7.75. The fourth-order valence-electron chi connectivity index (χ4n) is 3.15. The van der Waals surface area contributed by atoms with Crippen molar-refractivity contribution in [3.05, 3.63) is 0 Å². The second-order valence-electron chi connectivity index (χ2n) is 5.83.